The van der Waals surface area contributed by atoms with Crippen LogP contribution in [0.1, 0.15) is 37.0 Å². The van der Waals surface area contributed by atoms with Gasteiger partial charge in [0.1, 0.15) is 0 Å². The first-order valence-corrected chi connectivity index (χ1v) is 6.44. The summed E-state index contributed by atoms with van der Waals surface area (Å²) in [5, 5.41) is 0. The number of hydrogen-bond acceptors (Lipinski definition) is 2. The summed E-state index contributed by atoms with van der Waals surface area (Å²) in [4.78, 5) is 0. The van der Waals surface area contributed by atoms with E-state index < -0.39 is 0 Å². The first-order chi connectivity index (χ1) is 8.03. The molecule has 0 spiro atoms. The van der Waals surface area contributed by atoms with Gasteiger partial charge in [-0.3, -0.25) is 0 Å². The average Bonchev–Trinajstić information content (AvgIpc) is 2.76. The topological polar surface area (TPSA) is 35.2 Å². The standard InChI is InChI=1S/C15H23NO/c1-15(2,17-3)14(16)10-11-7-8-12-5-4-6-13(12)9-11/h7-9,14H,4-6,10,16H2,1-3H3. The Balaban J connectivity index is 2.09. The summed E-state index contributed by atoms with van der Waals surface area (Å²) in [6.07, 6.45) is 4.65. The van der Waals surface area contributed by atoms with Crippen molar-refractivity contribution < 1.29 is 4.74 Å². The van der Waals surface area contributed by atoms with Crippen LogP contribution in [0.2, 0.25) is 0 Å². The molecule has 1 aromatic rings. The predicted octanol–water partition coefficient (Wildman–Crippen LogP) is 2.47. The lowest BCUT2D eigenvalue weighted by atomic mass is 9.92. The number of aryl methyl sites for hydroxylation is 2. The molecular weight excluding hydrogens is 210 g/mol. The van der Waals surface area contributed by atoms with Crippen LogP contribution in [0.15, 0.2) is 18.2 Å². The van der Waals surface area contributed by atoms with Gasteiger partial charge in [-0.2, -0.15) is 0 Å². The molecule has 17 heavy (non-hydrogen) atoms. The summed E-state index contributed by atoms with van der Waals surface area (Å²) >= 11 is 0. The van der Waals surface area contributed by atoms with Crippen molar-refractivity contribution in [3.63, 3.8) is 0 Å². The van der Waals surface area contributed by atoms with E-state index in [0.29, 0.717) is 0 Å². The number of methoxy groups -OCH3 is 1. The third-order valence-electron chi connectivity index (χ3n) is 4.04. The highest BCUT2D eigenvalue weighted by atomic mass is 16.5. The van der Waals surface area contributed by atoms with E-state index >= 15 is 0 Å². The molecule has 2 nitrogen and oxygen atoms in total. The molecule has 0 saturated heterocycles. The molecule has 0 bridgehead atoms. The van der Waals surface area contributed by atoms with E-state index in [4.69, 9.17) is 10.5 Å². The number of ether oxygens (including phenoxy) is 1. The lowest BCUT2D eigenvalue weighted by molar-refractivity contribution is 0.000802. The zero-order valence-corrected chi connectivity index (χ0v) is 11.1. The van der Waals surface area contributed by atoms with Gasteiger partial charge < -0.3 is 10.5 Å². The van der Waals surface area contributed by atoms with Crippen LogP contribution in [0.3, 0.4) is 0 Å². The van der Waals surface area contributed by atoms with Crippen molar-refractivity contribution in [3.8, 4) is 0 Å². The highest BCUT2D eigenvalue weighted by Crippen LogP contribution is 2.24. The van der Waals surface area contributed by atoms with E-state index in [2.05, 4.69) is 18.2 Å². The van der Waals surface area contributed by atoms with Crippen molar-refractivity contribution in [2.75, 3.05) is 7.11 Å². The number of fused-ring (bicyclic) bond motifs is 1. The largest absolute Gasteiger partial charge is 0.377 e. The minimum atomic E-state index is -0.265. The van der Waals surface area contributed by atoms with E-state index in [1.807, 2.05) is 13.8 Å². The summed E-state index contributed by atoms with van der Waals surface area (Å²) in [7, 11) is 1.72. The zero-order chi connectivity index (χ0) is 12.5. The molecule has 1 atom stereocenters. The summed E-state index contributed by atoms with van der Waals surface area (Å²) < 4.78 is 5.44. The van der Waals surface area contributed by atoms with Crippen molar-refractivity contribution in [3.05, 3.63) is 34.9 Å². The maximum absolute atomic E-state index is 6.21. The highest BCUT2D eigenvalue weighted by Gasteiger charge is 2.26. The van der Waals surface area contributed by atoms with Gasteiger partial charge in [0.05, 0.1) is 5.60 Å². The molecule has 2 heteroatoms. The molecule has 1 unspecified atom stereocenters. The SMILES string of the molecule is COC(C)(C)C(N)Cc1ccc2c(c1)CCC2. The molecule has 1 aliphatic carbocycles. The van der Waals surface area contributed by atoms with E-state index in [-0.39, 0.29) is 11.6 Å². The van der Waals surface area contributed by atoms with E-state index in [1.165, 1.54) is 36.0 Å². The quantitative estimate of drug-likeness (QED) is 0.867. The normalized spacial score (nSPS) is 16.9. The molecule has 2 rings (SSSR count). The number of rotatable bonds is 4. The van der Waals surface area contributed by atoms with Crippen LogP contribution in [0, 0.1) is 0 Å². The van der Waals surface area contributed by atoms with Gasteiger partial charge in [0.25, 0.3) is 0 Å². The zero-order valence-electron chi connectivity index (χ0n) is 11.1. The molecule has 0 heterocycles. The number of hydrogen-bond donors (Lipinski definition) is 1. The van der Waals surface area contributed by atoms with Gasteiger partial charge in [-0.05, 0) is 56.2 Å². The van der Waals surface area contributed by atoms with Gasteiger partial charge in [0, 0.05) is 13.2 Å². The maximum atomic E-state index is 6.21. The predicted molar refractivity (Wildman–Crippen MR) is 71.2 cm³/mol. The van der Waals surface area contributed by atoms with Crippen molar-refractivity contribution in [2.24, 2.45) is 5.73 Å². The Morgan fingerprint density at radius 3 is 2.71 bits per heavy atom. The third kappa shape index (κ3) is 2.70. The van der Waals surface area contributed by atoms with Gasteiger partial charge in [0.2, 0.25) is 0 Å². The molecule has 0 amide bonds. The van der Waals surface area contributed by atoms with Crippen LogP contribution in [-0.4, -0.2) is 18.8 Å². The van der Waals surface area contributed by atoms with Crippen molar-refractivity contribution in [1.82, 2.24) is 0 Å². The van der Waals surface area contributed by atoms with Crippen molar-refractivity contribution in [2.45, 2.75) is 51.2 Å². The van der Waals surface area contributed by atoms with E-state index in [0.717, 1.165) is 6.42 Å². The van der Waals surface area contributed by atoms with Crippen LogP contribution in [0.5, 0.6) is 0 Å². The number of benzene rings is 1. The first kappa shape index (κ1) is 12.6. The molecule has 0 aromatic heterocycles. The Bertz CT molecular complexity index is 398. The van der Waals surface area contributed by atoms with Gasteiger partial charge in [-0.15, -0.1) is 0 Å². The van der Waals surface area contributed by atoms with Crippen LogP contribution < -0.4 is 5.73 Å². The van der Waals surface area contributed by atoms with Gasteiger partial charge >= 0.3 is 0 Å². The number of nitrogens with two attached hydrogens (primary N) is 1. The van der Waals surface area contributed by atoms with Crippen LogP contribution in [0.25, 0.3) is 0 Å². The van der Waals surface area contributed by atoms with E-state index in [9.17, 15) is 0 Å². The molecule has 1 aliphatic rings. The smallest absolute Gasteiger partial charge is 0.0776 e. The van der Waals surface area contributed by atoms with Crippen LogP contribution >= 0.6 is 0 Å². The van der Waals surface area contributed by atoms with Crippen LogP contribution in [-0.2, 0) is 24.0 Å². The Kier molecular flexibility index (Phi) is 3.55. The summed E-state index contributed by atoms with van der Waals surface area (Å²) in [5.74, 6) is 0. The summed E-state index contributed by atoms with van der Waals surface area (Å²) in [6, 6.07) is 6.85. The highest BCUT2D eigenvalue weighted by molar-refractivity contribution is 5.35. The second-order valence-electron chi connectivity index (χ2n) is 5.57. The van der Waals surface area contributed by atoms with Crippen molar-refractivity contribution in [1.29, 1.82) is 0 Å². The lowest BCUT2D eigenvalue weighted by Crippen LogP contribution is -2.46. The second-order valence-corrected chi connectivity index (χ2v) is 5.57. The monoisotopic (exact) mass is 233 g/mol. The molecule has 1 aromatic carbocycles. The lowest BCUT2D eigenvalue weighted by Gasteiger charge is -2.30. The van der Waals surface area contributed by atoms with Crippen molar-refractivity contribution >= 4 is 0 Å². The van der Waals surface area contributed by atoms with Gasteiger partial charge in [-0.1, -0.05) is 18.2 Å². The molecule has 94 valence electrons. The second kappa shape index (κ2) is 4.79. The molecular formula is C15H23NO. The maximum Gasteiger partial charge on any atom is 0.0776 e. The molecule has 2 N–H and O–H groups in total. The van der Waals surface area contributed by atoms with Crippen LogP contribution in [0.4, 0.5) is 0 Å². The van der Waals surface area contributed by atoms with E-state index in [1.54, 1.807) is 7.11 Å². The Morgan fingerprint density at radius 1 is 1.29 bits per heavy atom. The minimum Gasteiger partial charge on any atom is -0.377 e. The fourth-order valence-electron chi connectivity index (χ4n) is 2.40. The molecule has 0 radical (unpaired) electrons. The van der Waals surface area contributed by atoms with Gasteiger partial charge in [-0.25, -0.2) is 0 Å². The Hall–Kier alpha value is -0.860. The average molecular weight is 233 g/mol. The Morgan fingerprint density at radius 2 is 2.00 bits per heavy atom. The fraction of sp³-hybridized carbons (Fsp3) is 0.600. The Labute approximate surface area is 104 Å². The fourth-order valence-corrected chi connectivity index (χ4v) is 2.40. The molecule has 0 aliphatic heterocycles. The summed E-state index contributed by atoms with van der Waals surface area (Å²) in [5.41, 5.74) is 10.3. The van der Waals surface area contributed by atoms with Gasteiger partial charge in [0.15, 0.2) is 0 Å². The molecule has 0 fully saturated rings. The third-order valence-corrected chi connectivity index (χ3v) is 4.04. The first-order valence-electron chi connectivity index (χ1n) is 6.44. The minimum absolute atomic E-state index is 0.0342. The molecule has 0 saturated carbocycles. The summed E-state index contributed by atoms with van der Waals surface area (Å²) in [6.45, 7) is 4.09.